The van der Waals surface area contributed by atoms with E-state index in [4.69, 9.17) is 4.42 Å². The Kier molecular flexibility index (Phi) is 2.23. The van der Waals surface area contributed by atoms with Crippen LogP contribution in [-0.4, -0.2) is 14.9 Å². The van der Waals surface area contributed by atoms with Gasteiger partial charge in [-0.15, -0.1) is 11.3 Å². The first-order valence-electron chi connectivity index (χ1n) is 4.87. The van der Waals surface area contributed by atoms with Crippen LogP contribution in [0.4, 0.5) is 5.88 Å². The molecule has 0 atom stereocenters. The van der Waals surface area contributed by atoms with Gasteiger partial charge in [-0.05, 0) is 17.5 Å². The van der Waals surface area contributed by atoms with Gasteiger partial charge in [0, 0.05) is 0 Å². The van der Waals surface area contributed by atoms with Crippen molar-refractivity contribution in [2.24, 2.45) is 0 Å². The fourth-order valence-corrected chi connectivity index (χ4v) is 2.30. The van der Waals surface area contributed by atoms with E-state index in [2.05, 4.69) is 9.97 Å². The molecule has 7 nitrogen and oxygen atoms in total. The fourth-order valence-electron chi connectivity index (χ4n) is 1.53. The number of hydrogen-bond acceptors (Lipinski definition) is 6. The Morgan fingerprint density at radius 1 is 1.39 bits per heavy atom. The van der Waals surface area contributed by atoms with E-state index in [0.717, 1.165) is 0 Å². The van der Waals surface area contributed by atoms with Gasteiger partial charge in [-0.2, -0.15) is 0 Å². The first kappa shape index (κ1) is 10.7. The van der Waals surface area contributed by atoms with Crippen molar-refractivity contribution in [2.45, 2.75) is 0 Å². The quantitative estimate of drug-likeness (QED) is 0.563. The second-order valence-corrected chi connectivity index (χ2v) is 4.34. The largest absolute Gasteiger partial charge is 0.433 e. The van der Waals surface area contributed by atoms with Gasteiger partial charge in [-0.25, -0.2) is 4.98 Å². The molecule has 1 N–H and O–H groups in total. The van der Waals surface area contributed by atoms with Crippen LogP contribution in [0.25, 0.3) is 21.8 Å². The number of nitrogens with one attached hydrogen (secondary N) is 1. The number of fused-ring (bicyclic) bond motifs is 1. The Hall–Kier alpha value is -2.48. The summed E-state index contributed by atoms with van der Waals surface area (Å²) in [7, 11) is 0. The van der Waals surface area contributed by atoms with Crippen molar-refractivity contribution >= 4 is 27.4 Å². The Labute approximate surface area is 103 Å². The molecule has 3 aromatic rings. The van der Waals surface area contributed by atoms with Crippen molar-refractivity contribution in [3.63, 3.8) is 0 Å². The minimum Gasteiger partial charge on any atom is -0.397 e. The van der Waals surface area contributed by atoms with Gasteiger partial charge in [0.15, 0.2) is 11.6 Å². The van der Waals surface area contributed by atoms with Crippen LogP contribution in [0, 0.1) is 10.1 Å². The maximum atomic E-state index is 11.7. The average Bonchev–Trinajstić information content (AvgIpc) is 2.97. The number of thiophene rings is 1. The van der Waals surface area contributed by atoms with Crippen molar-refractivity contribution < 1.29 is 9.34 Å². The van der Waals surface area contributed by atoms with E-state index in [1.165, 1.54) is 23.5 Å². The number of furan rings is 1. The minimum absolute atomic E-state index is 0.161. The zero-order valence-electron chi connectivity index (χ0n) is 8.75. The van der Waals surface area contributed by atoms with Crippen molar-refractivity contribution in [1.82, 2.24) is 9.97 Å². The number of nitrogens with zero attached hydrogens (tertiary/aromatic N) is 2. The van der Waals surface area contributed by atoms with Gasteiger partial charge in [-0.1, -0.05) is 0 Å². The molecule has 3 heterocycles. The predicted molar refractivity (Wildman–Crippen MR) is 64.6 cm³/mol. The molecule has 90 valence electrons. The molecule has 0 bridgehead atoms. The standard InChI is InChI=1S/C10H5N3O4S/c14-9-5-3-4-18-10(5)12-8(11-9)6-1-2-7(17-6)13(15)16/h1-4H,(H,11,12,14). The van der Waals surface area contributed by atoms with Crippen LogP contribution in [0.5, 0.6) is 0 Å². The highest BCUT2D eigenvalue weighted by Gasteiger charge is 2.15. The first-order chi connectivity index (χ1) is 8.65. The molecule has 0 unspecified atom stereocenters. The number of aromatic amines is 1. The predicted octanol–water partition coefficient (Wildman–Crippen LogP) is 2.15. The molecule has 0 fully saturated rings. The van der Waals surface area contributed by atoms with Gasteiger partial charge in [0.1, 0.15) is 9.75 Å². The number of hydrogen-bond donors (Lipinski definition) is 1. The van der Waals surface area contributed by atoms with Crippen LogP contribution in [0.15, 0.2) is 32.8 Å². The van der Waals surface area contributed by atoms with Gasteiger partial charge in [0.2, 0.25) is 0 Å². The van der Waals surface area contributed by atoms with E-state index in [0.29, 0.717) is 10.2 Å². The SMILES string of the molecule is O=c1[nH]c(-c2ccc([N+](=O)[O-])o2)nc2sccc12. The molecule has 0 aliphatic heterocycles. The lowest BCUT2D eigenvalue weighted by Crippen LogP contribution is -2.07. The van der Waals surface area contributed by atoms with Gasteiger partial charge < -0.3 is 9.40 Å². The van der Waals surface area contributed by atoms with Crippen LogP contribution in [0.2, 0.25) is 0 Å². The van der Waals surface area contributed by atoms with Crippen LogP contribution < -0.4 is 5.56 Å². The van der Waals surface area contributed by atoms with Crippen molar-refractivity contribution in [1.29, 1.82) is 0 Å². The number of H-pyrrole nitrogens is 1. The highest BCUT2D eigenvalue weighted by atomic mass is 32.1. The maximum absolute atomic E-state index is 11.7. The third-order valence-electron chi connectivity index (χ3n) is 2.34. The topological polar surface area (TPSA) is 102 Å². The lowest BCUT2D eigenvalue weighted by atomic mass is 10.4. The molecule has 0 aromatic carbocycles. The molecule has 8 heteroatoms. The second kappa shape index (κ2) is 3.77. The summed E-state index contributed by atoms with van der Waals surface area (Å²) >= 11 is 1.32. The van der Waals surface area contributed by atoms with Crippen LogP contribution in [0.1, 0.15) is 0 Å². The first-order valence-corrected chi connectivity index (χ1v) is 5.75. The van der Waals surface area contributed by atoms with E-state index in [1.54, 1.807) is 11.4 Å². The smallest absolute Gasteiger partial charge is 0.397 e. The van der Waals surface area contributed by atoms with Crippen LogP contribution >= 0.6 is 11.3 Å². The fraction of sp³-hybridized carbons (Fsp3) is 0. The summed E-state index contributed by atoms with van der Waals surface area (Å²) in [6.45, 7) is 0. The number of rotatable bonds is 2. The molecule has 0 aliphatic carbocycles. The van der Waals surface area contributed by atoms with E-state index in [-0.39, 0.29) is 23.0 Å². The summed E-state index contributed by atoms with van der Waals surface area (Å²) in [5, 5.41) is 12.7. The Balaban J connectivity index is 2.18. The summed E-state index contributed by atoms with van der Waals surface area (Å²) < 4.78 is 4.98. The molecule has 3 rings (SSSR count). The average molecular weight is 263 g/mol. The summed E-state index contributed by atoms with van der Waals surface area (Å²) in [4.78, 5) is 28.8. The minimum atomic E-state index is -0.648. The van der Waals surface area contributed by atoms with E-state index in [1.807, 2.05) is 0 Å². The van der Waals surface area contributed by atoms with E-state index in [9.17, 15) is 14.9 Å². The van der Waals surface area contributed by atoms with Gasteiger partial charge in [-0.3, -0.25) is 14.9 Å². The monoisotopic (exact) mass is 263 g/mol. The normalized spacial score (nSPS) is 10.9. The number of nitro groups is 1. The molecule has 3 aromatic heterocycles. The Morgan fingerprint density at radius 2 is 2.22 bits per heavy atom. The Morgan fingerprint density at radius 3 is 2.94 bits per heavy atom. The zero-order valence-corrected chi connectivity index (χ0v) is 9.56. The highest BCUT2D eigenvalue weighted by Crippen LogP contribution is 2.24. The van der Waals surface area contributed by atoms with Crippen molar-refractivity contribution in [2.75, 3.05) is 0 Å². The van der Waals surface area contributed by atoms with E-state index >= 15 is 0 Å². The molecule has 0 saturated heterocycles. The summed E-state index contributed by atoms with van der Waals surface area (Å²) in [6, 6.07) is 4.28. The molecule has 0 aliphatic rings. The van der Waals surface area contributed by atoms with Crippen LogP contribution in [0.3, 0.4) is 0 Å². The molecule has 0 spiro atoms. The molecular formula is C10H5N3O4S. The zero-order chi connectivity index (χ0) is 12.7. The summed E-state index contributed by atoms with van der Waals surface area (Å²) in [6.07, 6.45) is 0. The molecule has 18 heavy (non-hydrogen) atoms. The molecule has 0 saturated carbocycles. The third kappa shape index (κ3) is 1.59. The van der Waals surface area contributed by atoms with Crippen molar-refractivity contribution in [3.8, 4) is 11.6 Å². The van der Waals surface area contributed by atoms with Gasteiger partial charge in [0.05, 0.1) is 11.5 Å². The van der Waals surface area contributed by atoms with Crippen LogP contribution in [-0.2, 0) is 0 Å². The number of aromatic nitrogens is 2. The van der Waals surface area contributed by atoms with Gasteiger partial charge in [0.25, 0.3) is 5.56 Å². The maximum Gasteiger partial charge on any atom is 0.433 e. The lowest BCUT2D eigenvalue weighted by Gasteiger charge is -1.95. The van der Waals surface area contributed by atoms with Crippen molar-refractivity contribution in [3.05, 3.63) is 44.0 Å². The van der Waals surface area contributed by atoms with E-state index < -0.39 is 4.92 Å². The van der Waals surface area contributed by atoms with Gasteiger partial charge >= 0.3 is 5.88 Å². The lowest BCUT2D eigenvalue weighted by molar-refractivity contribution is -0.401. The summed E-state index contributed by atoms with van der Waals surface area (Å²) in [5.74, 6) is -0.0453. The molecular weight excluding hydrogens is 258 g/mol. The molecule has 0 amide bonds. The second-order valence-electron chi connectivity index (χ2n) is 3.45. The molecule has 0 radical (unpaired) electrons. The third-order valence-corrected chi connectivity index (χ3v) is 3.15. The Bertz CT molecular complexity index is 801. The summed E-state index contributed by atoms with van der Waals surface area (Å²) in [5.41, 5.74) is -0.296. The highest BCUT2D eigenvalue weighted by molar-refractivity contribution is 7.16.